The lowest BCUT2D eigenvalue weighted by atomic mass is 9.89. The van der Waals surface area contributed by atoms with Gasteiger partial charge in [-0.2, -0.15) is 0 Å². The van der Waals surface area contributed by atoms with Crippen molar-refractivity contribution in [2.24, 2.45) is 0 Å². The molecule has 2 atom stereocenters. The molecule has 1 aromatic heterocycles. The predicted molar refractivity (Wildman–Crippen MR) is 100 cm³/mol. The number of hydrogen-bond donors (Lipinski definition) is 1. The van der Waals surface area contributed by atoms with E-state index in [1.54, 1.807) is 6.26 Å². The highest BCUT2D eigenvalue weighted by molar-refractivity contribution is 5.32. The summed E-state index contributed by atoms with van der Waals surface area (Å²) >= 11 is 0. The first-order valence-electron chi connectivity index (χ1n) is 9.05. The van der Waals surface area contributed by atoms with Crippen LogP contribution in [0.15, 0.2) is 77.6 Å². The maximum atomic E-state index is 6.22. The highest BCUT2D eigenvalue weighted by Crippen LogP contribution is 2.29. The molecule has 0 saturated carbocycles. The van der Waals surface area contributed by atoms with Gasteiger partial charge in [0.15, 0.2) is 0 Å². The fraction of sp³-hybridized carbons (Fsp3) is 0.273. The van der Waals surface area contributed by atoms with E-state index >= 15 is 0 Å². The highest BCUT2D eigenvalue weighted by atomic mass is 16.5. The molecule has 0 unspecified atom stereocenters. The summed E-state index contributed by atoms with van der Waals surface area (Å²) in [5.74, 6) is 2.05. The van der Waals surface area contributed by atoms with E-state index in [-0.39, 0.29) is 6.10 Å². The Hall–Kier alpha value is -2.56. The summed E-state index contributed by atoms with van der Waals surface area (Å²) < 4.78 is 17.3. The minimum absolute atomic E-state index is 0.154. The number of hydrogen-bond acceptors (Lipinski definition) is 4. The Labute approximate surface area is 153 Å². The zero-order chi connectivity index (χ0) is 17.6. The molecule has 0 radical (unpaired) electrons. The largest absolute Gasteiger partial charge is 0.472 e. The molecule has 1 N–H and O–H groups in total. The monoisotopic (exact) mass is 349 g/mol. The quantitative estimate of drug-likeness (QED) is 0.698. The van der Waals surface area contributed by atoms with E-state index in [1.165, 1.54) is 5.56 Å². The second-order valence-corrected chi connectivity index (χ2v) is 6.56. The second kappa shape index (κ2) is 8.21. The van der Waals surface area contributed by atoms with E-state index in [9.17, 15) is 0 Å². The average molecular weight is 349 g/mol. The first kappa shape index (κ1) is 16.9. The molecule has 134 valence electrons. The topological polar surface area (TPSA) is 43.6 Å². The van der Waals surface area contributed by atoms with E-state index in [0.717, 1.165) is 36.6 Å². The molecule has 1 aliphatic heterocycles. The van der Waals surface area contributed by atoms with Gasteiger partial charge in [-0.3, -0.25) is 0 Å². The molecule has 2 aromatic carbocycles. The Balaban J connectivity index is 1.35. The number of piperidine rings is 1. The van der Waals surface area contributed by atoms with Crippen LogP contribution in [0, 0.1) is 0 Å². The minimum atomic E-state index is 0.154. The van der Waals surface area contributed by atoms with Crippen LogP contribution in [-0.4, -0.2) is 19.2 Å². The third-order valence-electron chi connectivity index (χ3n) is 4.76. The lowest BCUT2D eigenvalue weighted by Crippen LogP contribution is -2.40. The minimum Gasteiger partial charge on any atom is -0.472 e. The maximum absolute atomic E-state index is 6.22. The molecule has 0 aliphatic carbocycles. The number of ether oxygens (including phenoxy) is 2. The van der Waals surface area contributed by atoms with Gasteiger partial charge in [-0.15, -0.1) is 0 Å². The van der Waals surface area contributed by atoms with Crippen molar-refractivity contribution in [1.29, 1.82) is 0 Å². The smallest absolute Gasteiger partial charge is 0.127 e. The van der Waals surface area contributed by atoms with Crippen LogP contribution in [0.4, 0.5) is 0 Å². The lowest BCUT2D eigenvalue weighted by molar-refractivity contribution is 0.0105. The molecule has 2 heterocycles. The first-order chi connectivity index (χ1) is 12.9. The molecule has 1 aliphatic rings. The third-order valence-corrected chi connectivity index (χ3v) is 4.76. The molecule has 0 spiro atoms. The van der Waals surface area contributed by atoms with Gasteiger partial charge in [0, 0.05) is 12.5 Å². The normalized spacial score (nSPS) is 20.0. The molecule has 3 aromatic rings. The van der Waals surface area contributed by atoms with Gasteiger partial charge in [0.1, 0.15) is 11.5 Å². The molecule has 0 bridgehead atoms. The number of benzene rings is 2. The molecule has 4 heteroatoms. The summed E-state index contributed by atoms with van der Waals surface area (Å²) in [6, 6.07) is 19.9. The standard InChI is InChI=1S/C22H23NO3/c1-2-4-19(5-3-1)26-20-8-6-17(7-9-20)15-25-22-14-23-12-10-21(22)18-11-13-24-16-18/h1-9,11,13,16,21-23H,10,12,14-15H2/t21-,22+/m1/s1. The molecule has 4 rings (SSSR count). The van der Waals surface area contributed by atoms with Gasteiger partial charge >= 0.3 is 0 Å². The fourth-order valence-electron chi connectivity index (χ4n) is 3.35. The highest BCUT2D eigenvalue weighted by Gasteiger charge is 2.27. The van der Waals surface area contributed by atoms with Crippen molar-refractivity contribution in [1.82, 2.24) is 5.32 Å². The van der Waals surface area contributed by atoms with Gasteiger partial charge in [0.25, 0.3) is 0 Å². The molecule has 1 fully saturated rings. The van der Waals surface area contributed by atoms with Gasteiger partial charge in [-0.25, -0.2) is 0 Å². The molecule has 0 amide bonds. The first-order valence-corrected chi connectivity index (χ1v) is 9.05. The van der Waals surface area contributed by atoms with Gasteiger partial charge in [0.05, 0.1) is 25.2 Å². The van der Waals surface area contributed by atoms with Crippen molar-refractivity contribution in [2.75, 3.05) is 13.1 Å². The van der Waals surface area contributed by atoms with Gasteiger partial charge in [-0.05, 0) is 54.4 Å². The average Bonchev–Trinajstić information content (AvgIpc) is 3.23. The van der Waals surface area contributed by atoms with Crippen molar-refractivity contribution in [2.45, 2.75) is 25.0 Å². The van der Waals surface area contributed by atoms with Crippen LogP contribution in [-0.2, 0) is 11.3 Å². The second-order valence-electron chi connectivity index (χ2n) is 6.56. The summed E-state index contributed by atoms with van der Waals surface area (Å²) in [4.78, 5) is 0. The molecule has 26 heavy (non-hydrogen) atoms. The van der Waals surface area contributed by atoms with E-state index in [0.29, 0.717) is 12.5 Å². The zero-order valence-corrected chi connectivity index (χ0v) is 14.6. The Morgan fingerprint density at radius 2 is 1.77 bits per heavy atom. The molecule has 4 nitrogen and oxygen atoms in total. The number of furan rings is 1. The summed E-state index contributed by atoms with van der Waals surface area (Å²) in [5.41, 5.74) is 2.37. The molecular formula is C22H23NO3. The van der Waals surface area contributed by atoms with Gasteiger partial charge < -0.3 is 19.2 Å². The fourth-order valence-corrected chi connectivity index (χ4v) is 3.35. The van der Waals surface area contributed by atoms with E-state index in [1.807, 2.05) is 54.8 Å². The van der Waals surface area contributed by atoms with Crippen LogP contribution in [0.25, 0.3) is 0 Å². The van der Waals surface area contributed by atoms with Gasteiger partial charge in [0.2, 0.25) is 0 Å². The number of para-hydroxylation sites is 1. The third kappa shape index (κ3) is 4.15. The predicted octanol–water partition coefficient (Wildman–Crippen LogP) is 4.73. The Bertz CT molecular complexity index is 784. The number of rotatable bonds is 6. The molecular weight excluding hydrogens is 326 g/mol. The Morgan fingerprint density at radius 3 is 2.54 bits per heavy atom. The lowest BCUT2D eigenvalue weighted by Gasteiger charge is -2.31. The maximum Gasteiger partial charge on any atom is 0.127 e. The number of nitrogens with one attached hydrogen (secondary N) is 1. The van der Waals surface area contributed by atoms with Crippen LogP contribution >= 0.6 is 0 Å². The van der Waals surface area contributed by atoms with Crippen LogP contribution in [0.5, 0.6) is 11.5 Å². The van der Waals surface area contributed by atoms with Crippen molar-refractivity contribution >= 4 is 0 Å². The van der Waals surface area contributed by atoms with Crippen molar-refractivity contribution in [3.8, 4) is 11.5 Å². The van der Waals surface area contributed by atoms with E-state index < -0.39 is 0 Å². The Morgan fingerprint density at radius 1 is 0.962 bits per heavy atom. The molecule has 1 saturated heterocycles. The zero-order valence-electron chi connectivity index (χ0n) is 14.6. The van der Waals surface area contributed by atoms with Crippen LogP contribution < -0.4 is 10.1 Å². The summed E-state index contributed by atoms with van der Waals surface area (Å²) in [7, 11) is 0. The summed E-state index contributed by atoms with van der Waals surface area (Å²) in [6.07, 6.45) is 4.79. The summed E-state index contributed by atoms with van der Waals surface area (Å²) in [5, 5.41) is 3.42. The van der Waals surface area contributed by atoms with Crippen LogP contribution in [0.2, 0.25) is 0 Å². The van der Waals surface area contributed by atoms with Crippen molar-refractivity contribution in [3.05, 3.63) is 84.3 Å². The Kier molecular flexibility index (Phi) is 5.33. The van der Waals surface area contributed by atoms with E-state index in [2.05, 4.69) is 17.4 Å². The van der Waals surface area contributed by atoms with Crippen LogP contribution in [0.3, 0.4) is 0 Å². The van der Waals surface area contributed by atoms with Crippen molar-refractivity contribution < 1.29 is 13.9 Å². The van der Waals surface area contributed by atoms with Crippen LogP contribution in [0.1, 0.15) is 23.5 Å². The van der Waals surface area contributed by atoms with E-state index in [4.69, 9.17) is 13.9 Å². The van der Waals surface area contributed by atoms with Gasteiger partial charge in [-0.1, -0.05) is 30.3 Å². The summed E-state index contributed by atoms with van der Waals surface area (Å²) in [6.45, 7) is 2.47. The van der Waals surface area contributed by atoms with Crippen molar-refractivity contribution in [3.63, 3.8) is 0 Å². The SMILES string of the molecule is c1ccc(Oc2ccc(CO[C@H]3CNCC[C@@H]3c3ccoc3)cc2)cc1.